The largest absolute Gasteiger partial charge is 0.493 e. The van der Waals surface area contributed by atoms with E-state index in [-0.39, 0.29) is 5.57 Å². The molecule has 0 aliphatic carbocycles. The maximum Gasteiger partial charge on any atom is 0.282 e. The summed E-state index contributed by atoms with van der Waals surface area (Å²) < 4.78 is 11.4. The second-order valence-electron chi connectivity index (χ2n) is 7.10. The van der Waals surface area contributed by atoms with Gasteiger partial charge in [0.25, 0.3) is 11.8 Å². The monoisotopic (exact) mass is 414 g/mol. The van der Waals surface area contributed by atoms with Crippen LogP contribution in [-0.4, -0.2) is 18.9 Å². The molecule has 3 aromatic carbocycles. The predicted molar refractivity (Wildman–Crippen MR) is 119 cm³/mol. The van der Waals surface area contributed by atoms with Crippen molar-refractivity contribution in [3.8, 4) is 11.5 Å². The van der Waals surface area contributed by atoms with Gasteiger partial charge in [-0.3, -0.25) is 15.0 Å². The van der Waals surface area contributed by atoms with Crippen LogP contribution in [0.15, 0.2) is 78.4 Å². The molecule has 0 spiro atoms. The summed E-state index contributed by atoms with van der Waals surface area (Å²) in [6.07, 6.45) is 1.55. The standard InChI is InChI=1S/C25H22N2O4/c1-17-8-6-7-9-19(17)16-31-22-13-12-18(15-23(22)30-2)14-21-24(28)26-27(25(21)29)20-10-4-3-5-11-20/h3-15H,16H2,1-2H3,(H,26,28)/b21-14+. The molecular weight excluding hydrogens is 392 g/mol. The number of rotatable bonds is 6. The lowest BCUT2D eigenvalue weighted by Gasteiger charge is -2.14. The van der Waals surface area contributed by atoms with Gasteiger partial charge >= 0.3 is 0 Å². The van der Waals surface area contributed by atoms with Crippen LogP contribution in [0.3, 0.4) is 0 Å². The Balaban J connectivity index is 1.55. The van der Waals surface area contributed by atoms with E-state index >= 15 is 0 Å². The van der Waals surface area contributed by atoms with Gasteiger partial charge in [0, 0.05) is 0 Å². The highest BCUT2D eigenvalue weighted by Crippen LogP contribution is 2.30. The van der Waals surface area contributed by atoms with Crippen molar-refractivity contribution in [3.63, 3.8) is 0 Å². The molecule has 1 aliphatic heterocycles. The summed E-state index contributed by atoms with van der Waals surface area (Å²) in [5.41, 5.74) is 6.15. The first kappa shape index (κ1) is 20.2. The molecule has 0 saturated carbocycles. The van der Waals surface area contributed by atoms with Crippen molar-refractivity contribution in [2.45, 2.75) is 13.5 Å². The third kappa shape index (κ3) is 4.28. The average molecular weight is 414 g/mol. The molecule has 1 aliphatic rings. The number of methoxy groups -OCH3 is 1. The molecule has 6 heteroatoms. The van der Waals surface area contributed by atoms with E-state index in [0.29, 0.717) is 29.4 Å². The van der Waals surface area contributed by atoms with Gasteiger partial charge in [-0.15, -0.1) is 0 Å². The summed E-state index contributed by atoms with van der Waals surface area (Å²) in [6.45, 7) is 2.45. The van der Waals surface area contributed by atoms with Crippen molar-refractivity contribution in [3.05, 3.63) is 95.1 Å². The van der Waals surface area contributed by atoms with Crippen molar-refractivity contribution >= 4 is 23.6 Å². The molecule has 0 bridgehead atoms. The smallest absolute Gasteiger partial charge is 0.282 e. The van der Waals surface area contributed by atoms with Crippen LogP contribution in [-0.2, 0) is 16.2 Å². The second kappa shape index (κ2) is 8.75. The summed E-state index contributed by atoms with van der Waals surface area (Å²) in [4.78, 5) is 25.1. The molecule has 0 aromatic heterocycles. The Bertz CT molecular complexity index is 1160. The van der Waals surface area contributed by atoms with Crippen molar-refractivity contribution in [2.75, 3.05) is 12.1 Å². The van der Waals surface area contributed by atoms with Crippen LogP contribution in [0.2, 0.25) is 0 Å². The number of ether oxygens (including phenoxy) is 2. The highest BCUT2D eigenvalue weighted by Gasteiger charge is 2.34. The normalized spacial score (nSPS) is 14.6. The lowest BCUT2D eigenvalue weighted by molar-refractivity contribution is -0.117. The Hall–Kier alpha value is -4.06. The minimum Gasteiger partial charge on any atom is -0.493 e. The van der Waals surface area contributed by atoms with E-state index in [1.54, 1.807) is 55.7 Å². The Morgan fingerprint density at radius 3 is 2.42 bits per heavy atom. The number of hydrazine groups is 1. The lowest BCUT2D eigenvalue weighted by Crippen LogP contribution is -2.35. The number of anilines is 1. The fourth-order valence-electron chi connectivity index (χ4n) is 3.30. The highest BCUT2D eigenvalue weighted by molar-refractivity contribution is 6.31. The fourth-order valence-corrected chi connectivity index (χ4v) is 3.30. The number of nitrogens with one attached hydrogen (secondary N) is 1. The number of para-hydroxylation sites is 1. The van der Waals surface area contributed by atoms with E-state index in [1.807, 2.05) is 37.3 Å². The third-order valence-corrected chi connectivity index (χ3v) is 5.05. The van der Waals surface area contributed by atoms with Gasteiger partial charge in [0.05, 0.1) is 12.8 Å². The molecule has 1 N–H and O–H groups in total. The Kier molecular flexibility index (Phi) is 5.71. The van der Waals surface area contributed by atoms with Crippen LogP contribution >= 0.6 is 0 Å². The highest BCUT2D eigenvalue weighted by atomic mass is 16.5. The zero-order valence-corrected chi connectivity index (χ0v) is 17.3. The van der Waals surface area contributed by atoms with Crippen molar-refractivity contribution in [1.82, 2.24) is 5.43 Å². The molecule has 4 rings (SSSR count). The van der Waals surface area contributed by atoms with Crippen LogP contribution in [0.5, 0.6) is 11.5 Å². The number of nitrogens with zero attached hydrogens (tertiary/aromatic N) is 1. The van der Waals surface area contributed by atoms with Crippen molar-refractivity contribution in [1.29, 1.82) is 0 Å². The van der Waals surface area contributed by atoms with Gasteiger partial charge in [-0.05, 0) is 54.0 Å². The fraction of sp³-hybridized carbons (Fsp3) is 0.120. The molecule has 156 valence electrons. The Morgan fingerprint density at radius 2 is 1.68 bits per heavy atom. The number of amides is 2. The maximum atomic E-state index is 12.8. The summed E-state index contributed by atoms with van der Waals surface area (Å²) in [5.74, 6) is 0.248. The predicted octanol–water partition coefficient (Wildman–Crippen LogP) is 4.04. The summed E-state index contributed by atoms with van der Waals surface area (Å²) in [6, 6.07) is 22.3. The van der Waals surface area contributed by atoms with Crippen LogP contribution in [0.4, 0.5) is 5.69 Å². The first-order valence-electron chi connectivity index (χ1n) is 9.84. The lowest BCUT2D eigenvalue weighted by atomic mass is 10.1. The molecule has 0 radical (unpaired) electrons. The van der Waals surface area contributed by atoms with E-state index in [4.69, 9.17) is 9.47 Å². The summed E-state index contributed by atoms with van der Waals surface area (Å²) in [5, 5.41) is 1.24. The van der Waals surface area contributed by atoms with Gasteiger partial charge in [-0.2, -0.15) is 0 Å². The molecule has 1 heterocycles. The molecule has 0 unspecified atom stereocenters. The van der Waals surface area contributed by atoms with E-state index in [1.165, 1.54) is 5.01 Å². The zero-order valence-electron chi connectivity index (χ0n) is 17.3. The van der Waals surface area contributed by atoms with Gasteiger partial charge in [0.2, 0.25) is 0 Å². The number of aryl methyl sites for hydroxylation is 1. The molecule has 0 atom stereocenters. The molecule has 6 nitrogen and oxygen atoms in total. The molecule has 2 amide bonds. The van der Waals surface area contributed by atoms with E-state index in [2.05, 4.69) is 5.43 Å². The third-order valence-electron chi connectivity index (χ3n) is 5.05. The minimum atomic E-state index is -0.451. The summed E-state index contributed by atoms with van der Waals surface area (Å²) >= 11 is 0. The van der Waals surface area contributed by atoms with Gasteiger partial charge in [0.1, 0.15) is 12.2 Å². The quantitative estimate of drug-likeness (QED) is 0.488. The van der Waals surface area contributed by atoms with Gasteiger partial charge in [-0.1, -0.05) is 48.5 Å². The van der Waals surface area contributed by atoms with Gasteiger partial charge in [0.15, 0.2) is 11.5 Å². The minimum absolute atomic E-state index is 0.0551. The topological polar surface area (TPSA) is 67.9 Å². The number of hydrogen-bond donors (Lipinski definition) is 1. The molecule has 31 heavy (non-hydrogen) atoms. The molecule has 1 fully saturated rings. The number of benzene rings is 3. The number of carbonyl (C=O) groups is 2. The molecule has 1 saturated heterocycles. The van der Waals surface area contributed by atoms with E-state index in [9.17, 15) is 9.59 Å². The Labute approximate surface area is 180 Å². The van der Waals surface area contributed by atoms with Crippen LogP contribution in [0.25, 0.3) is 6.08 Å². The average Bonchev–Trinajstić information content (AvgIpc) is 3.08. The second-order valence-corrected chi connectivity index (χ2v) is 7.10. The molecule has 3 aromatic rings. The number of hydrogen-bond acceptors (Lipinski definition) is 4. The number of carbonyl (C=O) groups excluding carboxylic acids is 2. The van der Waals surface area contributed by atoms with Crippen molar-refractivity contribution < 1.29 is 19.1 Å². The first-order chi connectivity index (χ1) is 15.1. The maximum absolute atomic E-state index is 12.8. The van der Waals surface area contributed by atoms with E-state index in [0.717, 1.165) is 11.1 Å². The summed E-state index contributed by atoms with van der Waals surface area (Å²) in [7, 11) is 1.55. The van der Waals surface area contributed by atoms with Crippen molar-refractivity contribution in [2.24, 2.45) is 0 Å². The first-order valence-corrected chi connectivity index (χ1v) is 9.84. The van der Waals surface area contributed by atoms with Gasteiger partial charge < -0.3 is 9.47 Å². The zero-order chi connectivity index (χ0) is 21.8. The molecular formula is C25H22N2O4. The van der Waals surface area contributed by atoms with Crippen LogP contribution in [0, 0.1) is 6.92 Å². The SMILES string of the molecule is COc1cc(/C=C2\C(=O)NN(c3ccccc3)C2=O)ccc1OCc1ccccc1C. The Morgan fingerprint density at radius 1 is 0.935 bits per heavy atom. The van der Waals surface area contributed by atoms with Gasteiger partial charge in [-0.25, -0.2) is 5.01 Å². The van der Waals surface area contributed by atoms with Crippen LogP contribution < -0.4 is 19.9 Å². The van der Waals surface area contributed by atoms with E-state index < -0.39 is 11.8 Å². The van der Waals surface area contributed by atoms with Crippen LogP contribution in [0.1, 0.15) is 16.7 Å².